The Morgan fingerprint density at radius 1 is 1.13 bits per heavy atom. The molecule has 74 valence electrons. The van der Waals surface area contributed by atoms with E-state index in [2.05, 4.69) is 13.2 Å². The van der Waals surface area contributed by atoms with E-state index in [0.29, 0.717) is 5.22 Å². The Bertz CT molecular complexity index is 641. The summed E-state index contributed by atoms with van der Waals surface area (Å²) in [6.45, 7) is 7.64. The molecule has 0 saturated carbocycles. The number of hydrogen-bond acceptors (Lipinski definition) is 1. The number of carboxylic acids is 1. The van der Waals surface area contributed by atoms with Gasteiger partial charge in [-0.25, -0.2) is 4.79 Å². The molecule has 0 unspecified atom stereocenters. The molecule has 0 aliphatic rings. The van der Waals surface area contributed by atoms with Crippen LogP contribution in [0.3, 0.4) is 0 Å². The van der Waals surface area contributed by atoms with Crippen molar-refractivity contribution in [3.63, 3.8) is 0 Å². The molecule has 2 aromatic carbocycles. The van der Waals surface area contributed by atoms with Gasteiger partial charge in [-0.3, -0.25) is 0 Å². The van der Waals surface area contributed by atoms with Crippen LogP contribution in [0, 0.1) is 0 Å². The maximum Gasteiger partial charge on any atom is 0.336 e. The van der Waals surface area contributed by atoms with Crippen molar-refractivity contribution in [1.29, 1.82) is 0 Å². The standard InChI is InChI=1S/C13H10O2/c1-8-7-12(13(14)15)9(2)11-6-4-3-5-10(8)11/h3-7H,1-2H2,(H,14,15). The van der Waals surface area contributed by atoms with E-state index in [1.54, 1.807) is 6.07 Å². The Morgan fingerprint density at radius 2 is 1.73 bits per heavy atom. The minimum Gasteiger partial charge on any atom is -0.478 e. The molecule has 0 aromatic heterocycles. The van der Waals surface area contributed by atoms with Crippen LogP contribution in [0.1, 0.15) is 10.4 Å². The monoisotopic (exact) mass is 198 g/mol. The lowest BCUT2D eigenvalue weighted by Crippen LogP contribution is -2.19. The summed E-state index contributed by atoms with van der Waals surface area (Å²) in [7, 11) is 0. The van der Waals surface area contributed by atoms with Gasteiger partial charge in [0.1, 0.15) is 0 Å². The lowest BCUT2D eigenvalue weighted by Gasteiger charge is -2.02. The normalized spacial score (nSPS) is 10.4. The van der Waals surface area contributed by atoms with Crippen LogP contribution in [-0.4, -0.2) is 11.1 Å². The van der Waals surface area contributed by atoms with Gasteiger partial charge in [-0.1, -0.05) is 37.4 Å². The molecular weight excluding hydrogens is 188 g/mol. The molecule has 0 heterocycles. The van der Waals surface area contributed by atoms with Crippen molar-refractivity contribution in [1.82, 2.24) is 0 Å². The first-order chi connectivity index (χ1) is 7.11. The predicted octanol–water partition coefficient (Wildman–Crippen LogP) is 1.36. The van der Waals surface area contributed by atoms with Crippen molar-refractivity contribution in [3.8, 4) is 0 Å². The Labute approximate surface area is 86.8 Å². The van der Waals surface area contributed by atoms with Gasteiger partial charge in [0.15, 0.2) is 0 Å². The van der Waals surface area contributed by atoms with Crippen molar-refractivity contribution in [2.24, 2.45) is 0 Å². The zero-order valence-corrected chi connectivity index (χ0v) is 8.16. The van der Waals surface area contributed by atoms with E-state index in [4.69, 9.17) is 5.11 Å². The number of rotatable bonds is 1. The van der Waals surface area contributed by atoms with Crippen molar-refractivity contribution in [2.45, 2.75) is 0 Å². The summed E-state index contributed by atoms with van der Waals surface area (Å²) in [4.78, 5) is 10.9. The average molecular weight is 198 g/mol. The van der Waals surface area contributed by atoms with Crippen molar-refractivity contribution in [2.75, 3.05) is 0 Å². The van der Waals surface area contributed by atoms with E-state index in [1.165, 1.54) is 0 Å². The van der Waals surface area contributed by atoms with E-state index in [1.807, 2.05) is 24.3 Å². The molecule has 2 rings (SSSR count). The maximum atomic E-state index is 10.9. The highest BCUT2D eigenvalue weighted by molar-refractivity contribution is 5.95. The molecule has 0 aliphatic carbocycles. The summed E-state index contributed by atoms with van der Waals surface area (Å²) in [5, 5.41) is 12.0. The first-order valence-corrected chi connectivity index (χ1v) is 4.54. The number of hydrogen-bond donors (Lipinski definition) is 1. The molecule has 0 spiro atoms. The van der Waals surface area contributed by atoms with Gasteiger partial charge in [0.2, 0.25) is 0 Å². The Morgan fingerprint density at radius 3 is 2.33 bits per heavy atom. The van der Waals surface area contributed by atoms with Crippen LogP contribution in [0.25, 0.3) is 23.9 Å². The van der Waals surface area contributed by atoms with Gasteiger partial charge in [0.25, 0.3) is 0 Å². The van der Waals surface area contributed by atoms with Crippen LogP contribution in [0.2, 0.25) is 0 Å². The number of carboxylic acid groups (broad SMARTS) is 1. The lowest BCUT2D eigenvalue weighted by molar-refractivity contribution is 0.0696. The molecule has 2 nitrogen and oxygen atoms in total. The van der Waals surface area contributed by atoms with Gasteiger partial charge in [0.05, 0.1) is 5.56 Å². The fourth-order valence-corrected chi connectivity index (χ4v) is 1.70. The van der Waals surface area contributed by atoms with Crippen molar-refractivity contribution < 1.29 is 9.90 Å². The quantitative estimate of drug-likeness (QED) is 0.751. The third-order valence-corrected chi connectivity index (χ3v) is 2.47. The Kier molecular flexibility index (Phi) is 2.05. The van der Waals surface area contributed by atoms with Gasteiger partial charge in [0, 0.05) is 0 Å². The molecule has 0 radical (unpaired) electrons. The summed E-state index contributed by atoms with van der Waals surface area (Å²) in [6.07, 6.45) is 0. The van der Waals surface area contributed by atoms with Crippen molar-refractivity contribution in [3.05, 3.63) is 46.3 Å². The molecule has 0 aliphatic heterocycles. The molecule has 0 saturated heterocycles. The van der Waals surface area contributed by atoms with E-state index in [9.17, 15) is 4.79 Å². The first kappa shape index (κ1) is 9.46. The maximum absolute atomic E-state index is 10.9. The molecular formula is C13H10O2. The fourth-order valence-electron chi connectivity index (χ4n) is 1.70. The van der Waals surface area contributed by atoms with E-state index < -0.39 is 5.97 Å². The van der Waals surface area contributed by atoms with Gasteiger partial charge in [-0.05, 0) is 27.3 Å². The molecule has 1 N–H and O–H groups in total. The smallest absolute Gasteiger partial charge is 0.336 e. The van der Waals surface area contributed by atoms with Gasteiger partial charge in [-0.15, -0.1) is 0 Å². The number of carbonyl (C=O) groups is 1. The average Bonchev–Trinajstić information content (AvgIpc) is 2.23. The van der Waals surface area contributed by atoms with E-state index in [-0.39, 0.29) is 5.56 Å². The van der Waals surface area contributed by atoms with Gasteiger partial charge < -0.3 is 5.11 Å². The third-order valence-electron chi connectivity index (χ3n) is 2.47. The molecule has 2 heteroatoms. The minimum absolute atomic E-state index is 0.221. The van der Waals surface area contributed by atoms with E-state index in [0.717, 1.165) is 16.0 Å². The molecule has 0 fully saturated rings. The first-order valence-electron chi connectivity index (χ1n) is 4.54. The zero-order chi connectivity index (χ0) is 11.0. The topological polar surface area (TPSA) is 37.3 Å². The van der Waals surface area contributed by atoms with Gasteiger partial charge in [-0.2, -0.15) is 0 Å². The number of benzene rings is 2. The number of fused-ring (bicyclic) bond motifs is 1. The van der Waals surface area contributed by atoms with Crippen molar-refractivity contribution >= 4 is 29.9 Å². The summed E-state index contributed by atoms with van der Waals surface area (Å²) < 4.78 is 0. The van der Waals surface area contributed by atoms with Crippen LogP contribution in [-0.2, 0) is 0 Å². The van der Waals surface area contributed by atoms with E-state index >= 15 is 0 Å². The summed E-state index contributed by atoms with van der Waals surface area (Å²) in [6, 6.07) is 9.10. The second kappa shape index (κ2) is 3.24. The highest BCUT2D eigenvalue weighted by Crippen LogP contribution is 2.05. The summed E-state index contributed by atoms with van der Waals surface area (Å²) in [5.74, 6) is -0.962. The van der Waals surface area contributed by atoms with Gasteiger partial charge >= 0.3 is 5.97 Å². The SMILES string of the molecule is C=c1cc(C(=O)O)c(=C)c2ccccc12. The largest absolute Gasteiger partial charge is 0.478 e. The Hall–Kier alpha value is -2.09. The van der Waals surface area contributed by atoms with Crippen LogP contribution in [0.15, 0.2) is 30.3 Å². The second-order valence-electron chi connectivity index (χ2n) is 3.41. The third kappa shape index (κ3) is 1.40. The zero-order valence-electron chi connectivity index (χ0n) is 8.16. The molecule has 0 bridgehead atoms. The molecule has 2 aromatic rings. The summed E-state index contributed by atoms with van der Waals surface area (Å²) in [5.41, 5.74) is 0.221. The number of aromatic carboxylic acids is 1. The van der Waals surface area contributed by atoms with Crippen LogP contribution in [0.4, 0.5) is 0 Å². The Balaban J connectivity index is 3.04. The van der Waals surface area contributed by atoms with Crippen LogP contribution in [0.5, 0.6) is 0 Å². The molecule has 15 heavy (non-hydrogen) atoms. The molecule has 0 atom stereocenters. The predicted molar refractivity (Wildman–Crippen MR) is 61.2 cm³/mol. The van der Waals surface area contributed by atoms with Crippen LogP contribution >= 0.6 is 0 Å². The minimum atomic E-state index is -0.962. The second-order valence-corrected chi connectivity index (χ2v) is 3.41. The lowest BCUT2D eigenvalue weighted by atomic mass is 10.0. The molecule has 0 amide bonds. The fraction of sp³-hybridized carbons (Fsp3) is 0. The summed E-state index contributed by atoms with van der Waals surface area (Å²) >= 11 is 0. The van der Waals surface area contributed by atoms with Crippen LogP contribution < -0.4 is 10.4 Å². The highest BCUT2D eigenvalue weighted by atomic mass is 16.4. The highest BCUT2D eigenvalue weighted by Gasteiger charge is 2.06.